The van der Waals surface area contributed by atoms with Crippen LogP contribution in [0.2, 0.25) is 0 Å². The van der Waals surface area contributed by atoms with Gasteiger partial charge in [0.2, 0.25) is 0 Å². The van der Waals surface area contributed by atoms with Gasteiger partial charge >= 0.3 is 0 Å². The molecule has 1 aromatic rings. The van der Waals surface area contributed by atoms with Gasteiger partial charge in [0.05, 0.1) is 0 Å². The molecule has 0 saturated carbocycles. The van der Waals surface area contributed by atoms with Crippen molar-refractivity contribution in [3.05, 3.63) is 35.9 Å². The van der Waals surface area contributed by atoms with Crippen LogP contribution in [0, 0.1) is 0 Å². The average molecular weight is 318 g/mol. The zero-order chi connectivity index (χ0) is 15.2. The third kappa shape index (κ3) is 4.59. The Kier molecular flexibility index (Phi) is 6.20. The molecular formula is C14H22O4S2. The van der Waals surface area contributed by atoms with E-state index in [2.05, 4.69) is 0 Å². The minimum Gasteiger partial charge on any atom is -0.228 e. The van der Waals surface area contributed by atoms with Crippen molar-refractivity contribution in [1.29, 1.82) is 0 Å². The second-order valence-corrected chi connectivity index (χ2v) is 9.95. The van der Waals surface area contributed by atoms with E-state index in [9.17, 15) is 16.8 Å². The molecule has 114 valence electrons. The lowest BCUT2D eigenvalue weighted by Crippen LogP contribution is -2.33. The van der Waals surface area contributed by atoms with Gasteiger partial charge in [0.25, 0.3) is 0 Å². The standard InChI is InChI=1S/C14H22O4S2/c1-3-19(15,16)14(20(17,18)4-2)12-8-11-13-9-6-5-7-10-13/h5-7,9-10,14H,3-4,8,11-12H2,1-2H3. The number of benzene rings is 1. The van der Waals surface area contributed by atoms with E-state index in [-0.39, 0.29) is 17.9 Å². The summed E-state index contributed by atoms with van der Waals surface area (Å²) in [7, 11) is -7.14. The van der Waals surface area contributed by atoms with E-state index in [1.54, 1.807) is 0 Å². The average Bonchev–Trinajstić information content (AvgIpc) is 2.44. The van der Waals surface area contributed by atoms with Gasteiger partial charge in [-0.15, -0.1) is 0 Å². The maximum atomic E-state index is 12.0. The quantitative estimate of drug-likeness (QED) is 0.737. The van der Waals surface area contributed by atoms with Gasteiger partial charge < -0.3 is 0 Å². The summed E-state index contributed by atoms with van der Waals surface area (Å²) in [5.41, 5.74) is 1.09. The summed E-state index contributed by atoms with van der Waals surface area (Å²) >= 11 is 0. The highest BCUT2D eigenvalue weighted by Crippen LogP contribution is 2.19. The Morgan fingerprint density at radius 1 is 0.900 bits per heavy atom. The normalized spacial score (nSPS) is 12.8. The summed E-state index contributed by atoms with van der Waals surface area (Å²) < 4.78 is 46.6. The molecule has 0 spiro atoms. The lowest BCUT2D eigenvalue weighted by molar-refractivity contribution is 0.566. The van der Waals surface area contributed by atoms with Gasteiger partial charge in [0.15, 0.2) is 24.3 Å². The van der Waals surface area contributed by atoms with Crippen LogP contribution in [-0.2, 0) is 26.1 Å². The Morgan fingerprint density at radius 2 is 1.40 bits per heavy atom. The predicted octanol–water partition coefficient (Wildman–Crippen LogP) is 2.20. The maximum absolute atomic E-state index is 12.0. The highest BCUT2D eigenvalue weighted by molar-refractivity contribution is 8.09. The molecule has 1 aromatic carbocycles. The van der Waals surface area contributed by atoms with E-state index in [4.69, 9.17) is 0 Å². The van der Waals surface area contributed by atoms with E-state index in [1.807, 2.05) is 30.3 Å². The molecule has 20 heavy (non-hydrogen) atoms. The number of rotatable bonds is 8. The highest BCUT2D eigenvalue weighted by Gasteiger charge is 2.34. The van der Waals surface area contributed by atoms with E-state index >= 15 is 0 Å². The van der Waals surface area contributed by atoms with E-state index in [1.165, 1.54) is 13.8 Å². The lowest BCUT2D eigenvalue weighted by Gasteiger charge is -2.16. The summed E-state index contributed by atoms with van der Waals surface area (Å²) in [6, 6.07) is 9.65. The molecule has 0 radical (unpaired) electrons. The summed E-state index contributed by atoms with van der Waals surface area (Å²) in [6.07, 6.45) is 1.41. The molecule has 0 amide bonds. The SMILES string of the molecule is CCS(=O)(=O)C(CCCc1ccccc1)S(=O)(=O)CC. The molecule has 0 heterocycles. The van der Waals surface area contributed by atoms with Crippen LogP contribution < -0.4 is 0 Å². The molecular weight excluding hydrogens is 296 g/mol. The Bertz CT molecular complexity index is 570. The Balaban J connectivity index is 2.78. The fourth-order valence-electron chi connectivity index (χ4n) is 2.07. The second-order valence-electron chi connectivity index (χ2n) is 4.71. The molecule has 0 aliphatic carbocycles. The first-order chi connectivity index (χ1) is 9.33. The van der Waals surface area contributed by atoms with Crippen molar-refractivity contribution >= 4 is 19.7 Å². The van der Waals surface area contributed by atoms with Crippen LogP contribution in [0.15, 0.2) is 30.3 Å². The van der Waals surface area contributed by atoms with Gasteiger partial charge in [-0.1, -0.05) is 44.2 Å². The van der Waals surface area contributed by atoms with Crippen LogP contribution in [0.3, 0.4) is 0 Å². The molecule has 0 fully saturated rings. The molecule has 0 saturated heterocycles. The fourth-order valence-corrected chi connectivity index (χ4v) is 6.47. The number of aryl methyl sites for hydroxylation is 1. The van der Waals surface area contributed by atoms with Gasteiger partial charge in [0.1, 0.15) is 0 Å². The van der Waals surface area contributed by atoms with Crippen molar-refractivity contribution in [2.45, 2.75) is 37.7 Å². The van der Waals surface area contributed by atoms with Crippen molar-refractivity contribution < 1.29 is 16.8 Å². The third-order valence-electron chi connectivity index (χ3n) is 3.35. The molecule has 4 nitrogen and oxygen atoms in total. The van der Waals surface area contributed by atoms with Crippen LogP contribution in [0.4, 0.5) is 0 Å². The largest absolute Gasteiger partial charge is 0.228 e. The van der Waals surface area contributed by atoms with E-state index in [0.717, 1.165) is 5.56 Å². The molecule has 0 N–H and O–H groups in total. The zero-order valence-corrected chi connectivity index (χ0v) is 13.6. The molecule has 0 unspecified atom stereocenters. The fraction of sp³-hybridized carbons (Fsp3) is 0.571. The molecule has 0 aromatic heterocycles. The Hall–Kier alpha value is -0.880. The van der Waals surface area contributed by atoms with E-state index < -0.39 is 24.3 Å². The predicted molar refractivity (Wildman–Crippen MR) is 82.1 cm³/mol. The molecule has 0 aliphatic heterocycles. The second kappa shape index (κ2) is 7.22. The van der Waals surface area contributed by atoms with Crippen molar-refractivity contribution in [1.82, 2.24) is 0 Å². The van der Waals surface area contributed by atoms with Crippen LogP contribution in [0.1, 0.15) is 32.3 Å². The van der Waals surface area contributed by atoms with Crippen molar-refractivity contribution in [3.8, 4) is 0 Å². The van der Waals surface area contributed by atoms with Crippen LogP contribution in [0.5, 0.6) is 0 Å². The Morgan fingerprint density at radius 3 is 1.85 bits per heavy atom. The van der Waals surface area contributed by atoms with Crippen molar-refractivity contribution in [2.75, 3.05) is 11.5 Å². The number of hydrogen-bond donors (Lipinski definition) is 0. The molecule has 6 heteroatoms. The van der Waals surface area contributed by atoms with Gasteiger partial charge in [-0.25, -0.2) is 16.8 Å². The van der Waals surface area contributed by atoms with E-state index in [0.29, 0.717) is 12.8 Å². The minimum absolute atomic E-state index is 0.137. The molecule has 1 rings (SSSR count). The number of sulfone groups is 2. The van der Waals surface area contributed by atoms with Crippen LogP contribution in [0.25, 0.3) is 0 Å². The topological polar surface area (TPSA) is 68.3 Å². The van der Waals surface area contributed by atoms with Gasteiger partial charge in [-0.3, -0.25) is 0 Å². The molecule has 0 aliphatic rings. The first-order valence-corrected chi connectivity index (χ1v) is 10.2. The zero-order valence-electron chi connectivity index (χ0n) is 11.9. The maximum Gasteiger partial charge on any atom is 0.167 e. The Labute approximate surface area is 122 Å². The summed E-state index contributed by atoms with van der Waals surface area (Å²) in [5, 5.41) is 0. The number of hydrogen-bond acceptors (Lipinski definition) is 4. The molecule has 0 atom stereocenters. The first-order valence-electron chi connectivity index (χ1n) is 6.80. The van der Waals surface area contributed by atoms with Crippen LogP contribution >= 0.6 is 0 Å². The summed E-state index contributed by atoms with van der Waals surface area (Å²) in [5.74, 6) is -0.273. The van der Waals surface area contributed by atoms with Crippen LogP contribution in [-0.4, -0.2) is 32.9 Å². The third-order valence-corrected chi connectivity index (χ3v) is 8.80. The lowest BCUT2D eigenvalue weighted by atomic mass is 10.1. The monoisotopic (exact) mass is 318 g/mol. The summed E-state index contributed by atoms with van der Waals surface area (Å²) in [4.78, 5) is 0. The molecule has 0 bridgehead atoms. The first kappa shape index (κ1) is 17.2. The van der Waals surface area contributed by atoms with Gasteiger partial charge in [-0.2, -0.15) is 0 Å². The van der Waals surface area contributed by atoms with Crippen molar-refractivity contribution in [2.24, 2.45) is 0 Å². The van der Waals surface area contributed by atoms with Gasteiger partial charge in [0, 0.05) is 11.5 Å². The smallest absolute Gasteiger partial charge is 0.167 e. The summed E-state index contributed by atoms with van der Waals surface area (Å²) in [6.45, 7) is 2.98. The van der Waals surface area contributed by atoms with Gasteiger partial charge in [-0.05, 0) is 24.8 Å². The minimum atomic E-state index is -3.57. The van der Waals surface area contributed by atoms with Crippen molar-refractivity contribution in [3.63, 3.8) is 0 Å². The highest BCUT2D eigenvalue weighted by atomic mass is 32.3.